The van der Waals surface area contributed by atoms with Gasteiger partial charge in [0.1, 0.15) is 5.82 Å². The first-order valence-electron chi connectivity index (χ1n) is 10.4. The minimum absolute atomic E-state index is 0.0913. The van der Waals surface area contributed by atoms with Gasteiger partial charge in [-0.3, -0.25) is 9.59 Å². The van der Waals surface area contributed by atoms with Gasteiger partial charge >= 0.3 is 0 Å². The zero-order valence-corrected chi connectivity index (χ0v) is 17.7. The molecule has 5 nitrogen and oxygen atoms in total. The van der Waals surface area contributed by atoms with Crippen LogP contribution >= 0.6 is 0 Å². The Bertz CT molecular complexity index is 1270. The van der Waals surface area contributed by atoms with E-state index in [1.807, 2.05) is 68.4 Å². The summed E-state index contributed by atoms with van der Waals surface area (Å²) in [5.74, 6) is 0.451. The molecule has 0 spiro atoms. The number of carbonyl (C=O) groups excluding carboxylic acids is 1. The molecule has 1 aromatic heterocycles. The third-order valence-electron chi connectivity index (χ3n) is 5.54. The molecule has 1 atom stereocenters. The number of benzene rings is 3. The number of hydrogen-bond acceptors (Lipinski definition) is 3. The van der Waals surface area contributed by atoms with Crippen LogP contribution in [0.1, 0.15) is 36.2 Å². The topological polar surface area (TPSA) is 74.8 Å². The van der Waals surface area contributed by atoms with Crippen molar-refractivity contribution in [3.8, 4) is 11.4 Å². The maximum atomic E-state index is 12.6. The predicted molar refractivity (Wildman–Crippen MR) is 124 cm³/mol. The van der Waals surface area contributed by atoms with Crippen LogP contribution in [0.4, 0.5) is 0 Å². The second-order valence-electron chi connectivity index (χ2n) is 7.70. The Balaban J connectivity index is 1.44. The smallest absolute Gasteiger partial charge is 0.254 e. The zero-order valence-electron chi connectivity index (χ0n) is 17.7. The Morgan fingerprint density at radius 3 is 2.48 bits per heavy atom. The highest BCUT2D eigenvalue weighted by Gasteiger charge is 2.15. The third kappa shape index (κ3) is 4.56. The predicted octanol–water partition coefficient (Wildman–Crippen LogP) is 4.71. The van der Waals surface area contributed by atoms with E-state index in [1.165, 1.54) is 0 Å². The van der Waals surface area contributed by atoms with Crippen LogP contribution in [0.5, 0.6) is 0 Å². The van der Waals surface area contributed by atoms with Crippen molar-refractivity contribution >= 4 is 16.7 Å². The molecular weight excluding hydrogens is 386 g/mol. The van der Waals surface area contributed by atoms with E-state index in [2.05, 4.69) is 33.5 Å². The summed E-state index contributed by atoms with van der Waals surface area (Å²) < 4.78 is 0. The van der Waals surface area contributed by atoms with Crippen molar-refractivity contribution in [1.29, 1.82) is 0 Å². The monoisotopic (exact) mass is 411 g/mol. The van der Waals surface area contributed by atoms with Crippen LogP contribution in [-0.4, -0.2) is 15.9 Å². The van der Waals surface area contributed by atoms with Crippen molar-refractivity contribution < 1.29 is 4.79 Å². The third-order valence-corrected chi connectivity index (χ3v) is 5.54. The van der Waals surface area contributed by atoms with Gasteiger partial charge in [0.15, 0.2) is 0 Å². The summed E-state index contributed by atoms with van der Waals surface area (Å²) in [7, 11) is 0. The molecule has 0 fully saturated rings. The van der Waals surface area contributed by atoms with Gasteiger partial charge < -0.3 is 10.3 Å². The minimum Gasteiger partial charge on any atom is -0.350 e. The number of aryl methyl sites for hydroxylation is 1. The fourth-order valence-corrected chi connectivity index (χ4v) is 3.90. The van der Waals surface area contributed by atoms with Crippen LogP contribution < -0.4 is 10.9 Å². The Morgan fingerprint density at radius 1 is 1.00 bits per heavy atom. The number of hydrogen-bond donors (Lipinski definition) is 2. The largest absolute Gasteiger partial charge is 0.350 e. The van der Waals surface area contributed by atoms with Gasteiger partial charge in [0.2, 0.25) is 5.91 Å². The van der Waals surface area contributed by atoms with Crippen molar-refractivity contribution in [1.82, 2.24) is 15.3 Å². The van der Waals surface area contributed by atoms with Crippen molar-refractivity contribution in [2.24, 2.45) is 0 Å². The van der Waals surface area contributed by atoms with Gasteiger partial charge in [-0.2, -0.15) is 0 Å². The van der Waals surface area contributed by atoms with Gasteiger partial charge in [-0.05, 0) is 36.6 Å². The standard InChI is InChI=1S/C26H25N3O2/c1-17(21-14-8-12-19-9-6-7-13-23(19)21)27-24(30)16-15-22-18(2)28-25(29-26(22)31)20-10-4-3-5-11-20/h3-14,17H,15-16H2,1-2H3,(H,27,30)(H,28,29,31). The van der Waals surface area contributed by atoms with E-state index >= 15 is 0 Å². The molecule has 1 amide bonds. The van der Waals surface area contributed by atoms with E-state index < -0.39 is 0 Å². The number of fused-ring (bicyclic) bond motifs is 1. The normalized spacial score (nSPS) is 11.9. The molecule has 0 saturated heterocycles. The van der Waals surface area contributed by atoms with E-state index in [4.69, 9.17) is 0 Å². The van der Waals surface area contributed by atoms with Gasteiger partial charge in [0.25, 0.3) is 5.56 Å². The van der Waals surface area contributed by atoms with Gasteiger partial charge in [0.05, 0.1) is 6.04 Å². The van der Waals surface area contributed by atoms with Crippen LogP contribution in [0.3, 0.4) is 0 Å². The van der Waals surface area contributed by atoms with Crippen molar-refractivity contribution in [2.45, 2.75) is 32.7 Å². The summed E-state index contributed by atoms with van der Waals surface area (Å²) in [5, 5.41) is 5.34. The lowest BCUT2D eigenvalue weighted by Gasteiger charge is -2.17. The molecule has 1 unspecified atom stereocenters. The molecule has 3 aromatic carbocycles. The number of nitrogens with one attached hydrogen (secondary N) is 2. The van der Waals surface area contributed by atoms with E-state index in [9.17, 15) is 9.59 Å². The van der Waals surface area contributed by atoms with Crippen LogP contribution in [0.15, 0.2) is 77.6 Å². The molecule has 4 aromatic rings. The molecule has 0 radical (unpaired) electrons. The summed E-state index contributed by atoms with van der Waals surface area (Å²) in [6.45, 7) is 3.79. The number of aromatic nitrogens is 2. The summed E-state index contributed by atoms with van der Waals surface area (Å²) in [6, 6.07) is 23.6. The Labute approximate surface area is 181 Å². The molecule has 0 saturated carbocycles. The molecular formula is C26H25N3O2. The molecule has 0 aliphatic heterocycles. The molecule has 1 heterocycles. The summed E-state index contributed by atoms with van der Waals surface area (Å²) in [6.07, 6.45) is 0.572. The minimum atomic E-state index is -0.193. The van der Waals surface area contributed by atoms with Crippen LogP contribution in [0.25, 0.3) is 22.2 Å². The molecule has 4 rings (SSSR count). The van der Waals surface area contributed by atoms with Crippen molar-refractivity contribution in [3.05, 3.63) is 100.0 Å². The summed E-state index contributed by atoms with van der Waals surface area (Å²) in [4.78, 5) is 32.6. The van der Waals surface area contributed by atoms with Gasteiger partial charge in [0, 0.05) is 23.2 Å². The number of aromatic amines is 1. The molecule has 31 heavy (non-hydrogen) atoms. The first-order valence-corrected chi connectivity index (χ1v) is 10.4. The molecule has 0 bridgehead atoms. The lowest BCUT2D eigenvalue weighted by Crippen LogP contribution is -2.28. The molecule has 0 aliphatic carbocycles. The second kappa shape index (κ2) is 8.96. The van der Waals surface area contributed by atoms with E-state index in [0.717, 1.165) is 21.9 Å². The summed E-state index contributed by atoms with van der Waals surface area (Å²) in [5.41, 5.74) is 2.94. The lowest BCUT2D eigenvalue weighted by molar-refractivity contribution is -0.121. The Kier molecular flexibility index (Phi) is 5.94. The van der Waals surface area contributed by atoms with Crippen molar-refractivity contribution in [3.63, 3.8) is 0 Å². The second-order valence-corrected chi connectivity index (χ2v) is 7.70. The molecule has 5 heteroatoms. The maximum Gasteiger partial charge on any atom is 0.254 e. The van der Waals surface area contributed by atoms with Crippen LogP contribution in [-0.2, 0) is 11.2 Å². The lowest BCUT2D eigenvalue weighted by atomic mass is 9.99. The Hall–Kier alpha value is -3.73. The quantitative estimate of drug-likeness (QED) is 0.483. The molecule has 0 aliphatic rings. The number of rotatable bonds is 6. The zero-order chi connectivity index (χ0) is 21.8. The number of nitrogens with zero attached hydrogens (tertiary/aromatic N) is 1. The number of H-pyrrole nitrogens is 1. The molecule has 2 N–H and O–H groups in total. The average Bonchev–Trinajstić information content (AvgIpc) is 2.78. The number of carbonyl (C=O) groups is 1. The van der Waals surface area contributed by atoms with Gasteiger partial charge in [-0.1, -0.05) is 72.8 Å². The van der Waals surface area contributed by atoms with E-state index in [0.29, 0.717) is 23.5 Å². The summed E-state index contributed by atoms with van der Waals surface area (Å²) >= 11 is 0. The fraction of sp³-hybridized carbons (Fsp3) is 0.192. The van der Waals surface area contributed by atoms with Gasteiger partial charge in [-0.15, -0.1) is 0 Å². The fourth-order valence-electron chi connectivity index (χ4n) is 3.90. The van der Waals surface area contributed by atoms with E-state index in [-0.39, 0.29) is 23.9 Å². The van der Waals surface area contributed by atoms with E-state index in [1.54, 1.807) is 0 Å². The SMILES string of the molecule is Cc1nc(-c2ccccc2)[nH]c(=O)c1CCC(=O)NC(C)c1cccc2ccccc12. The first kappa shape index (κ1) is 20.5. The maximum absolute atomic E-state index is 12.6. The van der Waals surface area contributed by atoms with Crippen LogP contribution in [0, 0.1) is 6.92 Å². The van der Waals surface area contributed by atoms with Crippen molar-refractivity contribution in [2.75, 3.05) is 0 Å². The first-order chi connectivity index (χ1) is 15.0. The highest BCUT2D eigenvalue weighted by molar-refractivity contribution is 5.87. The van der Waals surface area contributed by atoms with Crippen LogP contribution in [0.2, 0.25) is 0 Å². The Morgan fingerprint density at radius 2 is 1.71 bits per heavy atom. The van der Waals surface area contributed by atoms with Gasteiger partial charge in [-0.25, -0.2) is 4.98 Å². The highest BCUT2D eigenvalue weighted by atomic mass is 16.1. The number of amides is 1. The average molecular weight is 412 g/mol. The molecule has 156 valence electrons. The highest BCUT2D eigenvalue weighted by Crippen LogP contribution is 2.24.